The summed E-state index contributed by atoms with van der Waals surface area (Å²) >= 11 is 0. The maximum absolute atomic E-state index is 11.7. The third kappa shape index (κ3) is 6.35. The van der Waals surface area contributed by atoms with Gasteiger partial charge in [0.2, 0.25) is 5.91 Å². The summed E-state index contributed by atoms with van der Waals surface area (Å²) in [5, 5.41) is 3.33. The first-order valence-electron chi connectivity index (χ1n) is 8.67. The molecule has 21 heavy (non-hydrogen) atoms. The Morgan fingerprint density at radius 3 is 2.67 bits per heavy atom. The van der Waals surface area contributed by atoms with E-state index in [1.807, 2.05) is 6.92 Å². The van der Waals surface area contributed by atoms with Gasteiger partial charge in [0.25, 0.3) is 0 Å². The number of carbonyl (C=O) groups excluding carboxylic acids is 1. The molecule has 0 radical (unpaired) electrons. The van der Waals surface area contributed by atoms with Crippen molar-refractivity contribution < 1.29 is 4.79 Å². The van der Waals surface area contributed by atoms with Gasteiger partial charge in [0.05, 0.1) is 5.54 Å². The lowest BCUT2D eigenvalue weighted by atomic mass is 9.93. The molecule has 1 heterocycles. The normalized spacial score (nSPS) is 23.8. The SMILES string of the molecule is CCC1CCCN(CCCC(C)(NC(C)C)C(N)=O)CC1. The molecular formula is C17H35N3O. The Kier molecular flexibility index (Phi) is 7.67. The average Bonchev–Trinajstić information content (AvgIpc) is 2.63. The highest BCUT2D eigenvalue weighted by molar-refractivity contribution is 5.84. The maximum atomic E-state index is 11.7. The van der Waals surface area contributed by atoms with Crippen molar-refractivity contribution in [2.75, 3.05) is 19.6 Å². The summed E-state index contributed by atoms with van der Waals surface area (Å²) in [6, 6.07) is 0.269. The van der Waals surface area contributed by atoms with Crippen LogP contribution in [0.4, 0.5) is 0 Å². The molecule has 4 heteroatoms. The Hall–Kier alpha value is -0.610. The zero-order chi connectivity index (χ0) is 15.9. The number of amides is 1. The molecule has 124 valence electrons. The van der Waals surface area contributed by atoms with Crippen molar-refractivity contribution in [3.63, 3.8) is 0 Å². The fourth-order valence-corrected chi connectivity index (χ4v) is 3.42. The number of nitrogens with one attached hydrogen (secondary N) is 1. The summed E-state index contributed by atoms with van der Waals surface area (Å²) in [4.78, 5) is 14.3. The van der Waals surface area contributed by atoms with E-state index in [2.05, 4.69) is 31.0 Å². The lowest BCUT2D eigenvalue weighted by Gasteiger charge is -2.31. The predicted molar refractivity (Wildman–Crippen MR) is 89.2 cm³/mol. The molecule has 4 nitrogen and oxygen atoms in total. The first-order chi connectivity index (χ1) is 9.87. The van der Waals surface area contributed by atoms with E-state index in [1.165, 1.54) is 38.8 Å². The summed E-state index contributed by atoms with van der Waals surface area (Å²) in [6.07, 6.45) is 7.17. The van der Waals surface area contributed by atoms with Crippen LogP contribution >= 0.6 is 0 Å². The summed E-state index contributed by atoms with van der Waals surface area (Å²) < 4.78 is 0. The van der Waals surface area contributed by atoms with Crippen LogP contribution in [0, 0.1) is 5.92 Å². The number of likely N-dealkylation sites (tertiary alicyclic amines) is 1. The van der Waals surface area contributed by atoms with Gasteiger partial charge < -0.3 is 16.0 Å². The Bertz CT molecular complexity index is 319. The van der Waals surface area contributed by atoms with E-state index in [0.717, 1.165) is 25.3 Å². The van der Waals surface area contributed by atoms with Gasteiger partial charge >= 0.3 is 0 Å². The van der Waals surface area contributed by atoms with E-state index in [4.69, 9.17) is 5.73 Å². The van der Waals surface area contributed by atoms with Gasteiger partial charge in [-0.05, 0) is 78.4 Å². The number of nitrogens with two attached hydrogens (primary N) is 1. The molecule has 3 N–H and O–H groups in total. The molecule has 0 aromatic rings. The van der Waals surface area contributed by atoms with Gasteiger partial charge in [-0.15, -0.1) is 0 Å². The van der Waals surface area contributed by atoms with E-state index in [9.17, 15) is 4.79 Å². The van der Waals surface area contributed by atoms with E-state index in [0.29, 0.717) is 0 Å². The molecule has 0 saturated carbocycles. The fraction of sp³-hybridized carbons (Fsp3) is 0.941. The number of hydrogen-bond acceptors (Lipinski definition) is 3. The van der Waals surface area contributed by atoms with Gasteiger partial charge in [0.15, 0.2) is 0 Å². The summed E-state index contributed by atoms with van der Waals surface area (Å²) in [5.74, 6) is 0.673. The minimum Gasteiger partial charge on any atom is -0.368 e. The molecule has 2 unspecified atom stereocenters. The monoisotopic (exact) mass is 297 g/mol. The van der Waals surface area contributed by atoms with Gasteiger partial charge in [0.1, 0.15) is 0 Å². The summed E-state index contributed by atoms with van der Waals surface area (Å²) in [7, 11) is 0. The van der Waals surface area contributed by atoms with Crippen LogP contribution in [0.3, 0.4) is 0 Å². The minimum atomic E-state index is -0.577. The molecule has 2 atom stereocenters. The molecule has 0 aromatic carbocycles. The fourth-order valence-electron chi connectivity index (χ4n) is 3.42. The van der Waals surface area contributed by atoms with Crippen molar-refractivity contribution >= 4 is 5.91 Å². The molecule has 1 aliphatic rings. The van der Waals surface area contributed by atoms with Gasteiger partial charge in [-0.2, -0.15) is 0 Å². The smallest absolute Gasteiger partial charge is 0.237 e. The first kappa shape index (κ1) is 18.4. The van der Waals surface area contributed by atoms with E-state index >= 15 is 0 Å². The van der Waals surface area contributed by atoms with E-state index < -0.39 is 5.54 Å². The van der Waals surface area contributed by atoms with Crippen molar-refractivity contribution in [1.29, 1.82) is 0 Å². The molecule has 0 bridgehead atoms. The molecule has 0 aliphatic carbocycles. The van der Waals surface area contributed by atoms with Crippen LogP contribution in [0.2, 0.25) is 0 Å². The Labute approximate surface area is 130 Å². The molecule has 1 saturated heterocycles. The van der Waals surface area contributed by atoms with Crippen LogP contribution in [0.15, 0.2) is 0 Å². The average molecular weight is 297 g/mol. The standard InChI is InChI=1S/C17H35N3O/c1-5-15-8-6-11-20(13-9-15)12-7-10-17(4,16(18)21)19-14(2)3/h14-15,19H,5-13H2,1-4H3,(H2,18,21). The van der Waals surface area contributed by atoms with Gasteiger partial charge in [-0.3, -0.25) is 4.79 Å². The Morgan fingerprint density at radius 2 is 2.10 bits per heavy atom. The molecule has 0 spiro atoms. The van der Waals surface area contributed by atoms with Gasteiger partial charge in [0, 0.05) is 6.04 Å². The van der Waals surface area contributed by atoms with Crippen molar-refractivity contribution in [1.82, 2.24) is 10.2 Å². The lowest BCUT2D eigenvalue weighted by Crippen LogP contribution is -2.55. The second-order valence-electron chi connectivity index (χ2n) is 7.15. The van der Waals surface area contributed by atoms with Crippen LogP contribution in [-0.2, 0) is 4.79 Å². The third-order valence-electron chi connectivity index (χ3n) is 4.82. The molecule has 0 aromatic heterocycles. The maximum Gasteiger partial charge on any atom is 0.237 e. The zero-order valence-electron chi connectivity index (χ0n) is 14.5. The van der Waals surface area contributed by atoms with Crippen molar-refractivity contribution in [3.8, 4) is 0 Å². The second-order valence-corrected chi connectivity index (χ2v) is 7.15. The molecule has 1 amide bonds. The van der Waals surface area contributed by atoms with Crippen LogP contribution in [-0.4, -0.2) is 42.0 Å². The van der Waals surface area contributed by atoms with Crippen molar-refractivity contribution in [2.45, 2.75) is 77.8 Å². The summed E-state index contributed by atoms with van der Waals surface area (Å²) in [6.45, 7) is 11.9. The quantitative estimate of drug-likeness (QED) is 0.724. The topological polar surface area (TPSA) is 58.4 Å². The number of nitrogens with zero attached hydrogens (tertiary/aromatic N) is 1. The minimum absolute atomic E-state index is 0.238. The zero-order valence-corrected chi connectivity index (χ0v) is 14.5. The summed E-state index contributed by atoms with van der Waals surface area (Å²) in [5.41, 5.74) is 5.01. The lowest BCUT2D eigenvalue weighted by molar-refractivity contribution is -0.124. The van der Waals surface area contributed by atoms with Gasteiger partial charge in [-0.25, -0.2) is 0 Å². The van der Waals surface area contributed by atoms with Crippen molar-refractivity contribution in [3.05, 3.63) is 0 Å². The Balaban J connectivity index is 2.38. The van der Waals surface area contributed by atoms with E-state index in [-0.39, 0.29) is 11.9 Å². The number of rotatable bonds is 8. The Morgan fingerprint density at radius 1 is 1.38 bits per heavy atom. The molecular weight excluding hydrogens is 262 g/mol. The molecule has 1 fully saturated rings. The van der Waals surface area contributed by atoms with Crippen LogP contribution < -0.4 is 11.1 Å². The number of carbonyl (C=O) groups is 1. The second kappa shape index (κ2) is 8.74. The van der Waals surface area contributed by atoms with Crippen LogP contribution in [0.1, 0.15) is 66.2 Å². The largest absolute Gasteiger partial charge is 0.368 e. The number of primary amides is 1. The van der Waals surface area contributed by atoms with Crippen molar-refractivity contribution in [2.24, 2.45) is 11.7 Å². The predicted octanol–water partition coefficient (Wildman–Crippen LogP) is 2.52. The first-order valence-corrected chi connectivity index (χ1v) is 8.67. The highest BCUT2D eigenvalue weighted by Crippen LogP contribution is 2.21. The molecule has 1 aliphatic heterocycles. The van der Waals surface area contributed by atoms with Crippen LogP contribution in [0.25, 0.3) is 0 Å². The highest BCUT2D eigenvalue weighted by atomic mass is 16.1. The van der Waals surface area contributed by atoms with E-state index in [1.54, 1.807) is 0 Å². The molecule has 1 rings (SSSR count). The van der Waals surface area contributed by atoms with Crippen LogP contribution in [0.5, 0.6) is 0 Å². The highest BCUT2D eigenvalue weighted by Gasteiger charge is 2.31. The third-order valence-corrected chi connectivity index (χ3v) is 4.82. The van der Waals surface area contributed by atoms with Gasteiger partial charge in [-0.1, -0.05) is 13.3 Å². The number of hydrogen-bond donors (Lipinski definition) is 2.